The van der Waals surface area contributed by atoms with Crippen LogP contribution in [0.1, 0.15) is 10.3 Å². The summed E-state index contributed by atoms with van der Waals surface area (Å²) in [6, 6.07) is 14.8. The van der Waals surface area contributed by atoms with Gasteiger partial charge in [-0.05, 0) is 23.6 Å². The molecule has 1 aliphatic heterocycles. The summed E-state index contributed by atoms with van der Waals surface area (Å²) in [7, 11) is 0. The van der Waals surface area contributed by atoms with E-state index in [2.05, 4.69) is 57.6 Å². The number of anilines is 1. The van der Waals surface area contributed by atoms with Crippen molar-refractivity contribution in [3.05, 3.63) is 52.7 Å². The van der Waals surface area contributed by atoms with Gasteiger partial charge in [-0.15, -0.1) is 22.9 Å². The third kappa shape index (κ3) is 3.35. The topological polar surface area (TPSA) is 6.48 Å². The Balaban J connectivity index is 1.51. The van der Waals surface area contributed by atoms with E-state index in [4.69, 9.17) is 11.6 Å². The highest BCUT2D eigenvalue weighted by atomic mass is 35.5. The summed E-state index contributed by atoms with van der Waals surface area (Å²) in [6.07, 6.45) is 0. The van der Waals surface area contributed by atoms with E-state index >= 15 is 0 Å². The van der Waals surface area contributed by atoms with Crippen LogP contribution >= 0.6 is 22.9 Å². The maximum absolute atomic E-state index is 6.49. The molecule has 0 N–H and O–H groups in total. The molecule has 0 spiro atoms. The van der Waals surface area contributed by atoms with Crippen LogP contribution in [-0.4, -0.2) is 37.6 Å². The van der Waals surface area contributed by atoms with Crippen LogP contribution in [0, 0.1) is 0 Å². The lowest BCUT2D eigenvalue weighted by molar-refractivity contribution is 0.258. The molecule has 2 nitrogen and oxygen atoms in total. The van der Waals surface area contributed by atoms with E-state index in [1.165, 1.54) is 10.6 Å². The van der Waals surface area contributed by atoms with E-state index in [-0.39, 0.29) is 5.38 Å². The van der Waals surface area contributed by atoms with Gasteiger partial charge in [0.15, 0.2) is 0 Å². The second kappa shape index (κ2) is 6.61. The monoisotopic (exact) mass is 306 g/mol. The van der Waals surface area contributed by atoms with Crippen molar-refractivity contribution in [2.24, 2.45) is 0 Å². The lowest BCUT2D eigenvalue weighted by Gasteiger charge is -2.36. The normalized spacial score (nSPS) is 18.1. The van der Waals surface area contributed by atoms with Crippen molar-refractivity contribution in [1.29, 1.82) is 0 Å². The summed E-state index contributed by atoms with van der Waals surface area (Å²) < 4.78 is 0. The van der Waals surface area contributed by atoms with Gasteiger partial charge in [0.05, 0.1) is 5.38 Å². The molecule has 20 heavy (non-hydrogen) atoms. The smallest absolute Gasteiger partial charge is 0.0805 e. The molecule has 1 unspecified atom stereocenters. The molecule has 2 heterocycles. The standard InChI is InChI=1S/C16H19ClN2S/c17-15(16-7-4-12-20-16)13-18-8-10-19(11-9-18)14-5-2-1-3-6-14/h1-7,12,15H,8-11,13H2. The van der Waals surface area contributed by atoms with E-state index in [1.54, 1.807) is 11.3 Å². The van der Waals surface area contributed by atoms with Gasteiger partial charge in [-0.25, -0.2) is 0 Å². The number of piperazine rings is 1. The number of nitrogens with zero attached hydrogens (tertiary/aromatic N) is 2. The Bertz CT molecular complexity index is 507. The maximum atomic E-state index is 6.49. The van der Waals surface area contributed by atoms with Crippen molar-refractivity contribution >= 4 is 28.6 Å². The van der Waals surface area contributed by atoms with Crippen molar-refractivity contribution in [2.45, 2.75) is 5.38 Å². The van der Waals surface area contributed by atoms with E-state index in [0.717, 1.165) is 32.7 Å². The zero-order chi connectivity index (χ0) is 13.8. The molecular formula is C16H19ClN2S. The zero-order valence-corrected chi connectivity index (χ0v) is 13.0. The summed E-state index contributed by atoms with van der Waals surface area (Å²) in [6.45, 7) is 5.29. The highest BCUT2D eigenvalue weighted by Crippen LogP contribution is 2.26. The molecule has 1 aliphatic rings. The van der Waals surface area contributed by atoms with Gasteiger partial charge in [0, 0.05) is 43.3 Å². The van der Waals surface area contributed by atoms with Gasteiger partial charge >= 0.3 is 0 Å². The van der Waals surface area contributed by atoms with Crippen LogP contribution < -0.4 is 4.90 Å². The van der Waals surface area contributed by atoms with Gasteiger partial charge in [-0.1, -0.05) is 24.3 Å². The molecule has 0 saturated carbocycles. The Morgan fingerprint density at radius 2 is 1.75 bits per heavy atom. The van der Waals surface area contributed by atoms with Crippen molar-refractivity contribution in [2.75, 3.05) is 37.6 Å². The van der Waals surface area contributed by atoms with Crippen molar-refractivity contribution in [3.8, 4) is 0 Å². The predicted octanol–water partition coefficient (Wildman–Crippen LogP) is 3.85. The van der Waals surface area contributed by atoms with Gasteiger partial charge in [0.1, 0.15) is 0 Å². The van der Waals surface area contributed by atoms with Crippen LogP contribution in [0.15, 0.2) is 47.8 Å². The number of thiophene rings is 1. The molecule has 0 bridgehead atoms. The van der Waals surface area contributed by atoms with Gasteiger partial charge in [-0.2, -0.15) is 0 Å². The number of rotatable bonds is 4. The molecule has 2 aromatic rings. The Morgan fingerprint density at radius 1 is 1.00 bits per heavy atom. The van der Waals surface area contributed by atoms with E-state index < -0.39 is 0 Å². The molecule has 1 aromatic carbocycles. The Kier molecular flexibility index (Phi) is 4.61. The number of hydrogen-bond acceptors (Lipinski definition) is 3. The fourth-order valence-corrected chi connectivity index (χ4v) is 3.73. The fraction of sp³-hybridized carbons (Fsp3) is 0.375. The first kappa shape index (κ1) is 13.9. The summed E-state index contributed by atoms with van der Waals surface area (Å²) in [5.41, 5.74) is 1.33. The first-order chi connectivity index (χ1) is 9.83. The van der Waals surface area contributed by atoms with Crippen molar-refractivity contribution in [1.82, 2.24) is 4.90 Å². The van der Waals surface area contributed by atoms with Gasteiger partial charge < -0.3 is 4.90 Å². The van der Waals surface area contributed by atoms with E-state index in [0.29, 0.717) is 0 Å². The molecule has 3 rings (SSSR count). The molecule has 0 amide bonds. The molecule has 1 fully saturated rings. The average Bonchev–Trinajstić information content (AvgIpc) is 3.03. The molecule has 1 saturated heterocycles. The quantitative estimate of drug-likeness (QED) is 0.792. The average molecular weight is 307 g/mol. The summed E-state index contributed by atoms with van der Waals surface area (Å²) >= 11 is 8.24. The number of hydrogen-bond donors (Lipinski definition) is 0. The van der Waals surface area contributed by atoms with Crippen LogP contribution in [0.5, 0.6) is 0 Å². The van der Waals surface area contributed by atoms with Crippen LogP contribution in [0.2, 0.25) is 0 Å². The third-order valence-electron chi connectivity index (χ3n) is 3.76. The van der Waals surface area contributed by atoms with Crippen LogP contribution in [-0.2, 0) is 0 Å². The Hall–Kier alpha value is -1.03. The largest absolute Gasteiger partial charge is 0.369 e. The maximum Gasteiger partial charge on any atom is 0.0805 e. The van der Waals surface area contributed by atoms with Gasteiger partial charge in [0.2, 0.25) is 0 Å². The van der Waals surface area contributed by atoms with Crippen LogP contribution in [0.4, 0.5) is 5.69 Å². The second-order valence-corrected chi connectivity index (χ2v) is 6.61. The van der Waals surface area contributed by atoms with Crippen molar-refractivity contribution in [3.63, 3.8) is 0 Å². The SMILES string of the molecule is ClC(CN1CCN(c2ccccc2)CC1)c1cccs1. The third-order valence-corrected chi connectivity index (χ3v) is 5.25. The molecule has 1 atom stereocenters. The minimum Gasteiger partial charge on any atom is -0.369 e. The summed E-state index contributed by atoms with van der Waals surface area (Å²) in [4.78, 5) is 6.19. The Morgan fingerprint density at radius 3 is 2.40 bits per heavy atom. The lowest BCUT2D eigenvalue weighted by Crippen LogP contribution is -2.47. The number of para-hydroxylation sites is 1. The van der Waals surface area contributed by atoms with Crippen LogP contribution in [0.25, 0.3) is 0 Å². The first-order valence-corrected chi connectivity index (χ1v) is 8.34. The molecule has 4 heteroatoms. The van der Waals surface area contributed by atoms with E-state index in [1.807, 2.05) is 0 Å². The predicted molar refractivity (Wildman–Crippen MR) is 88.0 cm³/mol. The number of halogens is 1. The molecule has 106 valence electrons. The summed E-state index contributed by atoms with van der Waals surface area (Å²) in [5.74, 6) is 0. The first-order valence-electron chi connectivity index (χ1n) is 7.03. The minimum atomic E-state index is 0.123. The zero-order valence-electron chi connectivity index (χ0n) is 11.4. The summed E-state index contributed by atoms with van der Waals surface area (Å²) in [5, 5.41) is 2.22. The lowest BCUT2D eigenvalue weighted by atomic mass is 10.2. The van der Waals surface area contributed by atoms with Crippen LogP contribution in [0.3, 0.4) is 0 Å². The van der Waals surface area contributed by atoms with E-state index in [9.17, 15) is 0 Å². The molecule has 0 aliphatic carbocycles. The molecule has 0 radical (unpaired) electrons. The minimum absolute atomic E-state index is 0.123. The van der Waals surface area contributed by atoms with Gasteiger partial charge in [-0.3, -0.25) is 4.90 Å². The Labute approximate surface area is 129 Å². The molecular weight excluding hydrogens is 288 g/mol. The number of benzene rings is 1. The van der Waals surface area contributed by atoms with Gasteiger partial charge in [0.25, 0.3) is 0 Å². The molecule has 1 aromatic heterocycles. The second-order valence-electron chi connectivity index (χ2n) is 5.11. The fourth-order valence-electron chi connectivity index (χ4n) is 2.61. The highest BCUT2D eigenvalue weighted by Gasteiger charge is 2.20. The van der Waals surface area contributed by atoms with Crippen molar-refractivity contribution < 1.29 is 0 Å². The highest BCUT2D eigenvalue weighted by molar-refractivity contribution is 7.10. The number of alkyl halides is 1.